The molecule has 0 saturated carbocycles. The molecule has 3 rings (SSSR count). The van der Waals surface area contributed by atoms with Crippen LogP contribution in [-0.2, 0) is 6.42 Å². The zero-order valence-electron chi connectivity index (χ0n) is 12.1. The predicted molar refractivity (Wildman–Crippen MR) is 84.0 cm³/mol. The topological polar surface area (TPSA) is 28.7 Å². The second-order valence-electron chi connectivity index (χ2n) is 5.57. The van der Waals surface area contributed by atoms with Crippen LogP contribution >= 0.6 is 0 Å². The number of nitrogens with one attached hydrogen (secondary N) is 1. The number of hydrogen-bond donors (Lipinski definition) is 1. The van der Waals surface area contributed by atoms with Gasteiger partial charge in [0.2, 0.25) is 0 Å². The Balaban J connectivity index is 1.71. The van der Waals surface area contributed by atoms with Crippen molar-refractivity contribution in [3.8, 4) is 0 Å². The van der Waals surface area contributed by atoms with Crippen LogP contribution in [0.15, 0.2) is 48.5 Å². The highest BCUT2D eigenvalue weighted by molar-refractivity contribution is 5.74. The van der Waals surface area contributed by atoms with Crippen LogP contribution in [0.4, 0.5) is 0 Å². The van der Waals surface area contributed by atoms with E-state index >= 15 is 0 Å². The number of aryl methyl sites for hydroxylation is 2. The van der Waals surface area contributed by atoms with Crippen LogP contribution in [0.3, 0.4) is 0 Å². The number of benzene rings is 2. The van der Waals surface area contributed by atoms with Gasteiger partial charge in [0, 0.05) is 5.92 Å². The predicted octanol–water partition coefficient (Wildman–Crippen LogP) is 4.61. The molecule has 0 bridgehead atoms. The number of H-pyrrole nitrogens is 1. The lowest BCUT2D eigenvalue weighted by molar-refractivity contribution is 0.648. The monoisotopic (exact) mass is 264 g/mol. The molecule has 0 aliphatic carbocycles. The quantitative estimate of drug-likeness (QED) is 0.732. The van der Waals surface area contributed by atoms with Crippen LogP contribution in [-0.4, -0.2) is 9.97 Å². The molecule has 0 radical (unpaired) electrons. The van der Waals surface area contributed by atoms with E-state index in [1.165, 1.54) is 11.1 Å². The second kappa shape index (κ2) is 5.49. The average molecular weight is 264 g/mol. The first-order chi connectivity index (χ1) is 9.72. The van der Waals surface area contributed by atoms with Crippen molar-refractivity contribution in [1.29, 1.82) is 0 Å². The highest BCUT2D eigenvalue weighted by Gasteiger charge is 2.10. The molecule has 0 spiro atoms. The molecule has 2 heteroatoms. The van der Waals surface area contributed by atoms with Gasteiger partial charge in [-0.2, -0.15) is 0 Å². The molecule has 0 unspecified atom stereocenters. The number of nitrogens with zero attached hydrogens (tertiary/aromatic N) is 1. The molecule has 0 amide bonds. The number of aromatic nitrogens is 2. The fourth-order valence-corrected chi connectivity index (χ4v) is 2.59. The molecule has 1 N–H and O–H groups in total. The first-order valence-corrected chi connectivity index (χ1v) is 7.22. The Morgan fingerprint density at radius 1 is 1.10 bits per heavy atom. The molecule has 2 nitrogen and oxygen atoms in total. The minimum absolute atomic E-state index is 0.447. The van der Waals surface area contributed by atoms with Crippen LogP contribution in [0.1, 0.15) is 36.2 Å². The molecule has 0 saturated heterocycles. The second-order valence-corrected chi connectivity index (χ2v) is 5.57. The fraction of sp³-hybridized carbons (Fsp3) is 0.278. The number of para-hydroxylation sites is 2. The lowest BCUT2D eigenvalue weighted by Crippen LogP contribution is -1.98. The summed E-state index contributed by atoms with van der Waals surface area (Å²) < 4.78 is 0. The lowest BCUT2D eigenvalue weighted by atomic mass is 9.99. The van der Waals surface area contributed by atoms with Crippen LogP contribution < -0.4 is 0 Å². The summed E-state index contributed by atoms with van der Waals surface area (Å²) in [4.78, 5) is 8.12. The number of aromatic amines is 1. The van der Waals surface area contributed by atoms with Crippen LogP contribution in [0.25, 0.3) is 11.0 Å². The van der Waals surface area contributed by atoms with Gasteiger partial charge in [-0.15, -0.1) is 0 Å². The molecular formula is C18H20N2. The van der Waals surface area contributed by atoms with Crippen LogP contribution in [0.2, 0.25) is 0 Å². The van der Waals surface area contributed by atoms with Gasteiger partial charge in [-0.1, -0.05) is 48.9 Å². The summed E-state index contributed by atoms with van der Waals surface area (Å²) in [6.07, 6.45) is 2.21. The first kappa shape index (κ1) is 12.9. The third-order valence-electron chi connectivity index (χ3n) is 3.82. The van der Waals surface area contributed by atoms with Crippen molar-refractivity contribution in [2.75, 3.05) is 0 Å². The molecule has 102 valence electrons. The van der Waals surface area contributed by atoms with E-state index in [1.54, 1.807) is 0 Å². The fourth-order valence-electron chi connectivity index (χ4n) is 2.59. The van der Waals surface area contributed by atoms with E-state index in [0.717, 1.165) is 29.7 Å². The largest absolute Gasteiger partial charge is 0.342 e. The van der Waals surface area contributed by atoms with Crippen LogP contribution in [0, 0.1) is 6.92 Å². The minimum Gasteiger partial charge on any atom is -0.342 e. The zero-order chi connectivity index (χ0) is 13.9. The SMILES string of the molecule is Cc1cccc(CC[C@H](C)c2nc3ccccc3[nH]2)c1. The molecule has 0 aliphatic heterocycles. The molecule has 1 aromatic heterocycles. The molecule has 0 aliphatic rings. The standard InChI is InChI=1S/C18H20N2/c1-13-6-5-7-15(12-13)11-10-14(2)18-19-16-8-3-4-9-17(16)20-18/h3-9,12,14H,10-11H2,1-2H3,(H,19,20)/t14-/m0/s1. The van der Waals surface area contributed by atoms with Gasteiger partial charge in [0.05, 0.1) is 11.0 Å². The van der Waals surface area contributed by atoms with E-state index in [4.69, 9.17) is 0 Å². The Hall–Kier alpha value is -2.09. The number of rotatable bonds is 4. The van der Waals surface area contributed by atoms with Gasteiger partial charge in [-0.05, 0) is 37.5 Å². The highest BCUT2D eigenvalue weighted by atomic mass is 14.9. The van der Waals surface area contributed by atoms with Gasteiger partial charge in [0.15, 0.2) is 0 Å². The van der Waals surface area contributed by atoms with Crippen LogP contribution in [0.5, 0.6) is 0 Å². The molecular weight excluding hydrogens is 244 g/mol. The Morgan fingerprint density at radius 2 is 1.95 bits per heavy atom. The lowest BCUT2D eigenvalue weighted by Gasteiger charge is -2.08. The van der Waals surface area contributed by atoms with Gasteiger partial charge in [-0.3, -0.25) is 0 Å². The molecule has 1 atom stereocenters. The Labute approximate surface area is 119 Å². The molecule has 3 aromatic rings. The Bertz CT molecular complexity index is 679. The third kappa shape index (κ3) is 2.74. The Morgan fingerprint density at radius 3 is 2.75 bits per heavy atom. The van der Waals surface area contributed by atoms with Crippen molar-refractivity contribution in [2.24, 2.45) is 0 Å². The van der Waals surface area contributed by atoms with Gasteiger partial charge >= 0.3 is 0 Å². The van der Waals surface area contributed by atoms with E-state index < -0.39 is 0 Å². The smallest absolute Gasteiger partial charge is 0.110 e. The first-order valence-electron chi connectivity index (χ1n) is 7.22. The van der Waals surface area contributed by atoms with E-state index in [9.17, 15) is 0 Å². The molecule has 20 heavy (non-hydrogen) atoms. The third-order valence-corrected chi connectivity index (χ3v) is 3.82. The molecule has 2 aromatic carbocycles. The van der Waals surface area contributed by atoms with E-state index in [1.807, 2.05) is 12.1 Å². The number of imidazole rings is 1. The maximum absolute atomic E-state index is 4.69. The van der Waals surface area contributed by atoms with Crippen molar-refractivity contribution < 1.29 is 0 Å². The Kier molecular flexibility index (Phi) is 3.55. The van der Waals surface area contributed by atoms with Crippen molar-refractivity contribution in [3.63, 3.8) is 0 Å². The molecule has 1 heterocycles. The summed E-state index contributed by atoms with van der Waals surface area (Å²) >= 11 is 0. The number of hydrogen-bond acceptors (Lipinski definition) is 1. The van der Waals surface area contributed by atoms with Crippen molar-refractivity contribution >= 4 is 11.0 Å². The van der Waals surface area contributed by atoms with Crippen molar-refractivity contribution in [3.05, 3.63) is 65.5 Å². The number of fused-ring (bicyclic) bond motifs is 1. The van der Waals surface area contributed by atoms with Gasteiger partial charge in [0.25, 0.3) is 0 Å². The van der Waals surface area contributed by atoms with Gasteiger partial charge in [-0.25, -0.2) is 4.98 Å². The van der Waals surface area contributed by atoms with Gasteiger partial charge in [0.1, 0.15) is 5.82 Å². The normalized spacial score (nSPS) is 12.7. The zero-order valence-corrected chi connectivity index (χ0v) is 12.1. The summed E-state index contributed by atoms with van der Waals surface area (Å²) in [5.74, 6) is 1.54. The van der Waals surface area contributed by atoms with E-state index in [0.29, 0.717) is 5.92 Å². The highest BCUT2D eigenvalue weighted by Crippen LogP contribution is 2.21. The van der Waals surface area contributed by atoms with E-state index in [2.05, 4.69) is 60.2 Å². The minimum atomic E-state index is 0.447. The van der Waals surface area contributed by atoms with Gasteiger partial charge < -0.3 is 4.98 Å². The van der Waals surface area contributed by atoms with Crippen molar-refractivity contribution in [2.45, 2.75) is 32.6 Å². The van der Waals surface area contributed by atoms with E-state index in [-0.39, 0.29) is 0 Å². The summed E-state index contributed by atoms with van der Waals surface area (Å²) in [6.45, 7) is 4.39. The van der Waals surface area contributed by atoms with Crippen molar-refractivity contribution in [1.82, 2.24) is 9.97 Å². The average Bonchev–Trinajstić information content (AvgIpc) is 2.89. The summed E-state index contributed by atoms with van der Waals surface area (Å²) in [7, 11) is 0. The summed E-state index contributed by atoms with van der Waals surface area (Å²) in [5.41, 5.74) is 4.93. The summed E-state index contributed by atoms with van der Waals surface area (Å²) in [6, 6.07) is 17.0. The molecule has 0 fully saturated rings. The maximum atomic E-state index is 4.69. The summed E-state index contributed by atoms with van der Waals surface area (Å²) in [5, 5.41) is 0. The maximum Gasteiger partial charge on any atom is 0.110 e.